The summed E-state index contributed by atoms with van der Waals surface area (Å²) in [7, 11) is -2.41. The number of benzene rings is 2. The van der Waals surface area contributed by atoms with Gasteiger partial charge < -0.3 is 30.9 Å². The fraction of sp³-hybridized carbons (Fsp3) is 0.333. The Bertz CT molecular complexity index is 1310. The van der Waals surface area contributed by atoms with Crippen LogP contribution in [0.15, 0.2) is 36.5 Å². The summed E-state index contributed by atoms with van der Waals surface area (Å²) in [4.78, 5) is 8.00. The summed E-state index contributed by atoms with van der Waals surface area (Å²) in [6.07, 6.45) is 2.23. The van der Waals surface area contributed by atoms with Gasteiger partial charge in [0.05, 0.1) is 30.2 Å². The van der Waals surface area contributed by atoms with Crippen LogP contribution in [0, 0.1) is 0 Å². The van der Waals surface area contributed by atoms with Gasteiger partial charge in [-0.25, -0.2) is 4.98 Å². The first-order valence-electron chi connectivity index (χ1n) is 11.1. The van der Waals surface area contributed by atoms with E-state index in [0.29, 0.717) is 58.9 Å². The van der Waals surface area contributed by atoms with Gasteiger partial charge in [0, 0.05) is 18.2 Å². The summed E-state index contributed by atoms with van der Waals surface area (Å²) in [5.41, 5.74) is 20.5. The highest BCUT2D eigenvalue weighted by atomic mass is 32.2. The van der Waals surface area contributed by atoms with Crippen LogP contribution in [0.5, 0.6) is 17.2 Å². The summed E-state index contributed by atoms with van der Waals surface area (Å²) in [5.74, 6) is 1.34. The van der Waals surface area contributed by atoms with Gasteiger partial charge in [-0.05, 0) is 55.7 Å². The van der Waals surface area contributed by atoms with E-state index in [0.717, 1.165) is 0 Å². The minimum absolute atomic E-state index is 0.0670. The van der Waals surface area contributed by atoms with Crippen LogP contribution in [-0.2, 0) is 16.5 Å². The summed E-state index contributed by atoms with van der Waals surface area (Å²) < 4.78 is 42.8. The maximum absolute atomic E-state index is 13.0. The zero-order chi connectivity index (χ0) is 25.8. The molecule has 1 atom stereocenters. The zero-order valence-corrected chi connectivity index (χ0v) is 21.1. The van der Waals surface area contributed by atoms with Crippen molar-refractivity contribution in [3.63, 3.8) is 0 Å². The third-order valence-corrected chi connectivity index (χ3v) is 7.26. The van der Waals surface area contributed by atoms with Crippen LogP contribution in [0.25, 0.3) is 11.1 Å². The topological polar surface area (TPSA) is 166 Å². The largest absolute Gasteiger partial charge is 0.495 e. The average Bonchev–Trinajstić information content (AvgIpc) is 2.80. The Balaban J connectivity index is 2.22. The maximum Gasteiger partial charge on any atom is 0.311 e. The lowest BCUT2D eigenvalue weighted by Crippen LogP contribution is -2.22. The number of aromatic nitrogens is 2. The van der Waals surface area contributed by atoms with Gasteiger partial charge in [0.15, 0.2) is 5.75 Å². The Morgan fingerprint density at radius 2 is 1.74 bits per heavy atom. The van der Waals surface area contributed by atoms with Crippen molar-refractivity contribution in [3.8, 4) is 28.4 Å². The van der Waals surface area contributed by atoms with E-state index >= 15 is 0 Å². The zero-order valence-electron chi connectivity index (χ0n) is 20.2. The van der Waals surface area contributed by atoms with Gasteiger partial charge in [0.25, 0.3) is 0 Å². The molecule has 0 spiro atoms. The summed E-state index contributed by atoms with van der Waals surface area (Å²) >= 11 is 0. The lowest BCUT2D eigenvalue weighted by Gasteiger charge is -2.20. The molecule has 2 aromatic carbocycles. The molecule has 1 heterocycles. The fourth-order valence-electron chi connectivity index (χ4n) is 3.46. The van der Waals surface area contributed by atoms with E-state index in [1.54, 1.807) is 44.2 Å². The van der Waals surface area contributed by atoms with Crippen molar-refractivity contribution in [1.82, 2.24) is 9.97 Å². The van der Waals surface area contributed by atoms with E-state index in [4.69, 9.17) is 30.9 Å². The minimum Gasteiger partial charge on any atom is -0.495 e. The van der Waals surface area contributed by atoms with Crippen LogP contribution in [0.2, 0.25) is 0 Å². The molecule has 0 aliphatic rings. The first kappa shape index (κ1) is 25.9. The smallest absolute Gasteiger partial charge is 0.311 e. The van der Waals surface area contributed by atoms with Crippen LogP contribution >= 0.6 is 0 Å². The van der Waals surface area contributed by atoms with Crippen LogP contribution in [0.1, 0.15) is 38.3 Å². The molecule has 188 valence electrons. The molecule has 0 bridgehead atoms. The number of rotatable bonds is 10. The predicted octanol–water partition coefficient (Wildman–Crippen LogP) is 3.40. The molecule has 0 aliphatic carbocycles. The van der Waals surface area contributed by atoms with Crippen LogP contribution in [0.4, 0.5) is 17.5 Å². The van der Waals surface area contributed by atoms with Gasteiger partial charge in [-0.1, -0.05) is 13.0 Å². The molecule has 35 heavy (non-hydrogen) atoms. The van der Waals surface area contributed by atoms with E-state index in [1.807, 2.05) is 6.92 Å². The number of methoxy groups -OCH3 is 1. The molecule has 3 aromatic rings. The Labute approximate surface area is 205 Å². The number of hydrogen-bond donors (Lipinski definition) is 3. The van der Waals surface area contributed by atoms with Crippen molar-refractivity contribution in [1.29, 1.82) is 0 Å². The molecule has 0 fully saturated rings. The molecule has 10 nitrogen and oxygen atoms in total. The van der Waals surface area contributed by atoms with Gasteiger partial charge >= 0.3 is 10.1 Å². The molecule has 0 aliphatic heterocycles. The van der Waals surface area contributed by atoms with Crippen LogP contribution in [0.3, 0.4) is 0 Å². The number of anilines is 3. The van der Waals surface area contributed by atoms with Crippen molar-refractivity contribution in [2.75, 3.05) is 30.9 Å². The SMILES string of the molecule is CCOc1cc(Cc2cnc(N)nc2N)cc(OS(=O)(=O)C(C)CC)c1-c1ccc(OC)c(N)c1. The lowest BCUT2D eigenvalue weighted by molar-refractivity contribution is 0.340. The molecule has 0 saturated carbocycles. The molecule has 0 radical (unpaired) electrons. The Hall–Kier alpha value is -3.73. The Morgan fingerprint density at radius 1 is 1.03 bits per heavy atom. The van der Waals surface area contributed by atoms with Gasteiger partial charge in [-0.15, -0.1) is 0 Å². The van der Waals surface area contributed by atoms with Crippen molar-refractivity contribution in [2.24, 2.45) is 0 Å². The lowest BCUT2D eigenvalue weighted by atomic mass is 9.98. The molecule has 0 saturated heterocycles. The Morgan fingerprint density at radius 3 is 2.34 bits per heavy atom. The molecule has 1 unspecified atom stereocenters. The van der Waals surface area contributed by atoms with E-state index in [1.165, 1.54) is 13.3 Å². The first-order chi connectivity index (χ1) is 16.6. The highest BCUT2D eigenvalue weighted by Gasteiger charge is 2.26. The van der Waals surface area contributed by atoms with E-state index in [2.05, 4.69) is 9.97 Å². The summed E-state index contributed by atoms with van der Waals surface area (Å²) in [6, 6.07) is 8.60. The second-order valence-corrected chi connectivity index (χ2v) is 9.92. The molecule has 0 amide bonds. The highest BCUT2D eigenvalue weighted by molar-refractivity contribution is 7.87. The minimum atomic E-state index is -3.93. The quantitative estimate of drug-likeness (QED) is 0.277. The van der Waals surface area contributed by atoms with E-state index in [-0.39, 0.29) is 17.5 Å². The monoisotopic (exact) mass is 501 g/mol. The van der Waals surface area contributed by atoms with Crippen molar-refractivity contribution in [2.45, 2.75) is 38.9 Å². The van der Waals surface area contributed by atoms with Gasteiger partial charge in [0.2, 0.25) is 5.95 Å². The molecule has 6 N–H and O–H groups in total. The number of ether oxygens (including phenoxy) is 2. The summed E-state index contributed by atoms with van der Waals surface area (Å²) in [6.45, 7) is 5.55. The van der Waals surface area contributed by atoms with Gasteiger partial charge in [-0.3, -0.25) is 0 Å². The Kier molecular flexibility index (Phi) is 7.90. The van der Waals surface area contributed by atoms with E-state index in [9.17, 15) is 8.42 Å². The standard InChI is InChI=1S/C24H31N5O5S/c1-5-14(3)35(30,31)34-21-11-15(9-17-13-28-24(27)29-23(17)26)10-20(33-6-2)22(21)16-7-8-19(32-4)18(25)12-16/h7-8,10-14H,5-6,9,25H2,1-4H3,(H4,26,27,28,29). The molecule has 11 heteroatoms. The predicted molar refractivity (Wildman–Crippen MR) is 137 cm³/mol. The second kappa shape index (κ2) is 10.7. The molecular weight excluding hydrogens is 470 g/mol. The third-order valence-electron chi connectivity index (χ3n) is 5.53. The second-order valence-electron chi connectivity index (χ2n) is 7.97. The van der Waals surface area contributed by atoms with Crippen LogP contribution < -0.4 is 30.9 Å². The number of nitrogens with two attached hydrogens (primary N) is 3. The maximum atomic E-state index is 13.0. The number of nitrogens with zero attached hydrogens (tertiary/aromatic N) is 2. The van der Waals surface area contributed by atoms with Crippen LogP contribution in [-0.4, -0.2) is 37.4 Å². The highest BCUT2D eigenvalue weighted by Crippen LogP contribution is 2.43. The first-order valence-corrected chi connectivity index (χ1v) is 12.6. The van der Waals surface area contributed by atoms with Crippen molar-refractivity contribution >= 4 is 27.6 Å². The fourth-order valence-corrected chi connectivity index (χ4v) is 4.41. The van der Waals surface area contributed by atoms with Gasteiger partial charge in [-0.2, -0.15) is 13.4 Å². The number of hydrogen-bond acceptors (Lipinski definition) is 10. The molecule has 1 aromatic heterocycles. The normalized spacial score (nSPS) is 12.2. The van der Waals surface area contributed by atoms with Crippen molar-refractivity contribution < 1.29 is 22.1 Å². The van der Waals surface area contributed by atoms with Crippen molar-refractivity contribution in [3.05, 3.63) is 47.7 Å². The third kappa shape index (κ3) is 5.86. The van der Waals surface area contributed by atoms with Gasteiger partial charge in [0.1, 0.15) is 17.3 Å². The number of nitrogen functional groups attached to an aromatic ring is 3. The van der Waals surface area contributed by atoms with E-state index < -0.39 is 15.4 Å². The summed E-state index contributed by atoms with van der Waals surface area (Å²) in [5, 5.41) is -0.711. The average molecular weight is 502 g/mol. The molecular formula is C24H31N5O5S. The molecule has 3 rings (SSSR count).